The molecule has 0 aliphatic heterocycles. The van der Waals surface area contributed by atoms with E-state index in [4.69, 9.17) is 15.6 Å². The van der Waals surface area contributed by atoms with Crippen molar-refractivity contribution in [2.45, 2.75) is 12.5 Å². The highest BCUT2D eigenvalue weighted by Gasteiger charge is 2.11. The van der Waals surface area contributed by atoms with E-state index in [0.717, 1.165) is 22.2 Å². The molecule has 1 atom stereocenters. The fourth-order valence-corrected chi connectivity index (χ4v) is 1.85. The Morgan fingerprint density at radius 2 is 2.31 bits per heavy atom. The molecule has 0 saturated heterocycles. The number of benzene rings is 1. The summed E-state index contributed by atoms with van der Waals surface area (Å²) in [6.07, 6.45) is 2.45. The summed E-state index contributed by atoms with van der Waals surface area (Å²) < 4.78 is 5.18. The van der Waals surface area contributed by atoms with Crippen LogP contribution in [0.4, 0.5) is 0 Å². The zero-order chi connectivity index (χ0) is 11.5. The van der Waals surface area contributed by atoms with Gasteiger partial charge in [0.2, 0.25) is 0 Å². The van der Waals surface area contributed by atoms with Crippen molar-refractivity contribution in [1.82, 2.24) is 4.98 Å². The Hall–Kier alpha value is -1.52. The number of hydrogen-bond acceptors (Lipinski definition) is 3. The smallest absolute Gasteiger partial charge is 0.119 e. The maximum Gasteiger partial charge on any atom is 0.119 e. The van der Waals surface area contributed by atoms with E-state index >= 15 is 0 Å². The Morgan fingerprint density at radius 1 is 1.50 bits per heavy atom. The van der Waals surface area contributed by atoms with E-state index in [1.807, 2.05) is 24.4 Å². The summed E-state index contributed by atoms with van der Waals surface area (Å²) >= 11 is 0. The molecular weight excluding hydrogens is 204 g/mol. The number of nitrogens with two attached hydrogens (primary N) is 1. The lowest BCUT2D eigenvalue weighted by Crippen LogP contribution is -2.11. The van der Waals surface area contributed by atoms with Gasteiger partial charge < -0.3 is 20.6 Å². The highest BCUT2D eigenvalue weighted by atomic mass is 16.5. The molecule has 0 aliphatic rings. The SMILES string of the molecule is COc1ccc2[nH]cc([C@@H](N)CCO)c2c1. The molecule has 2 aromatic rings. The van der Waals surface area contributed by atoms with Crippen LogP contribution in [0.2, 0.25) is 0 Å². The van der Waals surface area contributed by atoms with Crippen LogP contribution in [0.3, 0.4) is 0 Å². The van der Waals surface area contributed by atoms with Crippen molar-refractivity contribution in [3.8, 4) is 5.75 Å². The van der Waals surface area contributed by atoms with Crippen LogP contribution >= 0.6 is 0 Å². The predicted molar refractivity (Wildman–Crippen MR) is 63.5 cm³/mol. The van der Waals surface area contributed by atoms with Crippen molar-refractivity contribution < 1.29 is 9.84 Å². The molecule has 4 N–H and O–H groups in total. The van der Waals surface area contributed by atoms with Gasteiger partial charge in [0.1, 0.15) is 5.75 Å². The van der Waals surface area contributed by atoms with E-state index in [9.17, 15) is 0 Å². The van der Waals surface area contributed by atoms with Crippen LogP contribution in [0.5, 0.6) is 5.75 Å². The molecule has 0 saturated carbocycles. The van der Waals surface area contributed by atoms with Gasteiger partial charge in [-0.15, -0.1) is 0 Å². The van der Waals surface area contributed by atoms with E-state index in [-0.39, 0.29) is 12.6 Å². The van der Waals surface area contributed by atoms with Crippen molar-refractivity contribution in [1.29, 1.82) is 0 Å². The number of H-pyrrole nitrogens is 1. The van der Waals surface area contributed by atoms with Crippen molar-refractivity contribution in [3.63, 3.8) is 0 Å². The first kappa shape index (κ1) is 11.0. The number of aliphatic hydroxyl groups excluding tert-OH is 1. The first-order valence-corrected chi connectivity index (χ1v) is 5.27. The Balaban J connectivity index is 2.45. The van der Waals surface area contributed by atoms with Crippen molar-refractivity contribution in [2.24, 2.45) is 5.73 Å². The summed E-state index contributed by atoms with van der Waals surface area (Å²) in [6.45, 7) is 0.0950. The lowest BCUT2D eigenvalue weighted by Gasteiger charge is -2.08. The highest BCUT2D eigenvalue weighted by Crippen LogP contribution is 2.27. The molecule has 0 radical (unpaired) electrons. The van der Waals surface area contributed by atoms with E-state index in [1.54, 1.807) is 7.11 Å². The molecule has 0 unspecified atom stereocenters. The van der Waals surface area contributed by atoms with Gasteiger partial charge in [-0.05, 0) is 30.2 Å². The topological polar surface area (TPSA) is 71.3 Å². The Bertz CT molecular complexity index is 479. The van der Waals surface area contributed by atoms with Crippen molar-refractivity contribution in [3.05, 3.63) is 30.0 Å². The first-order valence-electron chi connectivity index (χ1n) is 5.27. The van der Waals surface area contributed by atoms with E-state index < -0.39 is 0 Å². The summed E-state index contributed by atoms with van der Waals surface area (Å²) in [5, 5.41) is 9.95. The second-order valence-corrected chi connectivity index (χ2v) is 3.77. The molecule has 2 rings (SSSR count). The largest absolute Gasteiger partial charge is 0.497 e. The number of aliphatic hydroxyl groups is 1. The fraction of sp³-hybridized carbons (Fsp3) is 0.333. The Morgan fingerprint density at radius 3 is 3.00 bits per heavy atom. The molecule has 0 amide bonds. The maximum atomic E-state index is 8.89. The zero-order valence-corrected chi connectivity index (χ0v) is 9.23. The molecule has 86 valence electrons. The quantitative estimate of drug-likeness (QED) is 0.732. The second-order valence-electron chi connectivity index (χ2n) is 3.77. The number of aromatic nitrogens is 1. The monoisotopic (exact) mass is 220 g/mol. The third kappa shape index (κ3) is 1.89. The summed E-state index contributed by atoms with van der Waals surface area (Å²) in [5.41, 5.74) is 8.04. The third-order valence-corrected chi connectivity index (χ3v) is 2.76. The first-order chi connectivity index (χ1) is 7.76. The van der Waals surface area contributed by atoms with Crippen molar-refractivity contribution >= 4 is 10.9 Å². The minimum atomic E-state index is -0.147. The minimum absolute atomic E-state index is 0.0950. The van der Waals surface area contributed by atoms with Gasteiger partial charge in [0, 0.05) is 29.7 Å². The molecule has 4 heteroatoms. The van der Waals surface area contributed by atoms with E-state index in [2.05, 4.69) is 4.98 Å². The number of aromatic amines is 1. The minimum Gasteiger partial charge on any atom is -0.497 e. The van der Waals surface area contributed by atoms with Crippen LogP contribution < -0.4 is 10.5 Å². The number of ether oxygens (including phenoxy) is 1. The number of rotatable bonds is 4. The van der Waals surface area contributed by atoms with E-state index in [0.29, 0.717) is 6.42 Å². The molecule has 0 aliphatic carbocycles. The van der Waals surface area contributed by atoms with Crippen LogP contribution in [0, 0.1) is 0 Å². The molecular formula is C12H16N2O2. The van der Waals surface area contributed by atoms with Gasteiger partial charge in [-0.1, -0.05) is 0 Å². The Labute approximate surface area is 94.0 Å². The highest BCUT2D eigenvalue weighted by molar-refractivity contribution is 5.85. The van der Waals surface area contributed by atoms with Gasteiger partial charge in [0.15, 0.2) is 0 Å². The Kier molecular flexibility index (Phi) is 3.12. The number of nitrogens with one attached hydrogen (secondary N) is 1. The van der Waals surface area contributed by atoms with Crippen LogP contribution in [0.1, 0.15) is 18.0 Å². The van der Waals surface area contributed by atoms with E-state index in [1.165, 1.54) is 0 Å². The number of methoxy groups -OCH3 is 1. The summed E-state index contributed by atoms with van der Waals surface area (Å²) in [4.78, 5) is 3.16. The molecule has 16 heavy (non-hydrogen) atoms. The second kappa shape index (κ2) is 4.55. The molecule has 4 nitrogen and oxygen atoms in total. The summed E-state index contributed by atoms with van der Waals surface area (Å²) in [5.74, 6) is 0.810. The molecule has 0 spiro atoms. The molecule has 1 aromatic carbocycles. The van der Waals surface area contributed by atoms with Gasteiger partial charge in [0.05, 0.1) is 7.11 Å². The van der Waals surface area contributed by atoms with Crippen LogP contribution in [-0.4, -0.2) is 23.8 Å². The maximum absolute atomic E-state index is 8.89. The van der Waals surface area contributed by atoms with Gasteiger partial charge in [-0.2, -0.15) is 0 Å². The zero-order valence-electron chi connectivity index (χ0n) is 9.23. The average Bonchev–Trinajstić information content (AvgIpc) is 2.71. The normalized spacial score (nSPS) is 12.9. The van der Waals surface area contributed by atoms with Gasteiger partial charge in [-0.3, -0.25) is 0 Å². The standard InChI is InChI=1S/C12H16N2O2/c1-16-8-2-3-12-9(6-8)10(7-14-12)11(13)4-5-15/h2-3,6-7,11,14-15H,4-5,13H2,1H3/t11-/m0/s1. The lowest BCUT2D eigenvalue weighted by molar-refractivity contribution is 0.277. The average molecular weight is 220 g/mol. The number of hydrogen-bond donors (Lipinski definition) is 3. The predicted octanol–water partition coefficient (Wildman–Crippen LogP) is 1.56. The fourth-order valence-electron chi connectivity index (χ4n) is 1.85. The van der Waals surface area contributed by atoms with Gasteiger partial charge >= 0.3 is 0 Å². The molecule has 0 fully saturated rings. The molecule has 1 aromatic heterocycles. The van der Waals surface area contributed by atoms with Crippen LogP contribution in [0.15, 0.2) is 24.4 Å². The summed E-state index contributed by atoms with van der Waals surface area (Å²) in [7, 11) is 1.64. The molecule has 1 heterocycles. The van der Waals surface area contributed by atoms with Gasteiger partial charge in [0.25, 0.3) is 0 Å². The summed E-state index contributed by atoms with van der Waals surface area (Å²) in [6, 6.07) is 5.67. The van der Waals surface area contributed by atoms with Crippen molar-refractivity contribution in [2.75, 3.05) is 13.7 Å². The third-order valence-electron chi connectivity index (χ3n) is 2.76. The molecule has 0 bridgehead atoms. The lowest BCUT2D eigenvalue weighted by atomic mass is 10.0. The van der Waals surface area contributed by atoms with Crippen LogP contribution in [-0.2, 0) is 0 Å². The number of fused-ring (bicyclic) bond motifs is 1. The van der Waals surface area contributed by atoms with Gasteiger partial charge in [-0.25, -0.2) is 0 Å². The van der Waals surface area contributed by atoms with Crippen LogP contribution in [0.25, 0.3) is 10.9 Å².